The Morgan fingerprint density at radius 2 is 1.96 bits per heavy atom. The number of fused-ring (bicyclic) bond motifs is 3. The molecule has 0 aliphatic rings. The van der Waals surface area contributed by atoms with Crippen LogP contribution in [0.2, 0.25) is 0 Å². The van der Waals surface area contributed by atoms with Crippen LogP contribution in [0.5, 0.6) is 0 Å². The average Bonchev–Trinajstić information content (AvgIpc) is 3.18. The SMILES string of the molecule is CC/C=C(/C)C(=C(C)C)n1c2ncccc2n2c(CNCCC)c(CC)nc12. The topological polar surface area (TPSA) is 47.1 Å². The van der Waals surface area contributed by atoms with Crippen molar-refractivity contribution in [1.29, 1.82) is 0 Å². The first-order valence-electron chi connectivity index (χ1n) is 10.5. The van der Waals surface area contributed by atoms with E-state index in [1.54, 1.807) is 0 Å². The predicted octanol–water partition coefficient (Wildman–Crippen LogP) is 5.35. The summed E-state index contributed by atoms with van der Waals surface area (Å²) in [6.45, 7) is 14.9. The molecule has 0 aromatic carbocycles. The molecule has 0 atom stereocenters. The molecule has 0 unspecified atom stereocenters. The third-order valence-corrected chi connectivity index (χ3v) is 5.09. The van der Waals surface area contributed by atoms with Crippen molar-refractivity contribution in [2.75, 3.05) is 6.54 Å². The largest absolute Gasteiger partial charge is 0.311 e. The van der Waals surface area contributed by atoms with Crippen molar-refractivity contribution in [2.24, 2.45) is 0 Å². The molecule has 5 heteroatoms. The lowest BCUT2D eigenvalue weighted by Gasteiger charge is -2.13. The summed E-state index contributed by atoms with van der Waals surface area (Å²) in [5, 5.41) is 3.56. The number of hydrogen-bond donors (Lipinski definition) is 1. The fourth-order valence-corrected chi connectivity index (χ4v) is 3.97. The normalized spacial score (nSPS) is 12.3. The number of hydrogen-bond acceptors (Lipinski definition) is 3. The first-order valence-corrected chi connectivity index (χ1v) is 10.5. The van der Waals surface area contributed by atoms with Crippen LogP contribution >= 0.6 is 0 Å². The second kappa shape index (κ2) is 8.74. The van der Waals surface area contributed by atoms with Crippen LogP contribution in [-0.2, 0) is 13.0 Å². The Kier molecular flexibility index (Phi) is 6.35. The number of aryl methyl sites for hydroxylation is 1. The number of pyridine rings is 1. The summed E-state index contributed by atoms with van der Waals surface area (Å²) < 4.78 is 4.54. The number of nitrogens with one attached hydrogen (secondary N) is 1. The maximum absolute atomic E-state index is 5.08. The molecule has 3 heterocycles. The molecular formula is C23H33N5. The van der Waals surface area contributed by atoms with E-state index in [0.717, 1.165) is 55.0 Å². The Morgan fingerprint density at radius 1 is 1.18 bits per heavy atom. The molecule has 0 fully saturated rings. The fourth-order valence-electron chi connectivity index (χ4n) is 3.97. The van der Waals surface area contributed by atoms with Gasteiger partial charge in [0.25, 0.3) is 0 Å². The van der Waals surface area contributed by atoms with Crippen LogP contribution < -0.4 is 5.32 Å². The van der Waals surface area contributed by atoms with E-state index in [1.165, 1.54) is 22.5 Å². The molecule has 0 radical (unpaired) electrons. The summed E-state index contributed by atoms with van der Waals surface area (Å²) in [7, 11) is 0. The molecule has 3 aromatic rings. The Morgan fingerprint density at radius 3 is 2.61 bits per heavy atom. The molecule has 1 N–H and O–H groups in total. The van der Waals surface area contributed by atoms with Gasteiger partial charge < -0.3 is 5.32 Å². The molecule has 0 spiro atoms. The summed E-state index contributed by atoms with van der Waals surface area (Å²) in [5.74, 6) is 0.957. The zero-order valence-electron chi connectivity index (χ0n) is 18.1. The van der Waals surface area contributed by atoms with Crippen LogP contribution in [0.15, 0.2) is 35.6 Å². The molecular weight excluding hydrogens is 346 g/mol. The molecule has 0 aliphatic heterocycles. The minimum Gasteiger partial charge on any atom is -0.311 e. The van der Waals surface area contributed by atoms with Crippen molar-refractivity contribution < 1.29 is 0 Å². The highest BCUT2D eigenvalue weighted by Crippen LogP contribution is 2.31. The average molecular weight is 380 g/mol. The van der Waals surface area contributed by atoms with Crippen molar-refractivity contribution in [2.45, 2.75) is 67.3 Å². The second-order valence-electron chi connectivity index (χ2n) is 7.50. The van der Waals surface area contributed by atoms with Gasteiger partial charge in [0.1, 0.15) is 0 Å². The molecule has 0 saturated heterocycles. The maximum Gasteiger partial charge on any atom is 0.221 e. The van der Waals surface area contributed by atoms with E-state index in [9.17, 15) is 0 Å². The maximum atomic E-state index is 5.08. The molecule has 0 aliphatic carbocycles. The van der Waals surface area contributed by atoms with Gasteiger partial charge in [-0.1, -0.05) is 32.4 Å². The minimum atomic E-state index is 0.820. The van der Waals surface area contributed by atoms with Gasteiger partial charge in [-0.25, -0.2) is 9.97 Å². The van der Waals surface area contributed by atoms with E-state index in [0.29, 0.717) is 0 Å². The lowest BCUT2D eigenvalue weighted by Crippen LogP contribution is -2.16. The quantitative estimate of drug-likeness (QED) is 0.424. The van der Waals surface area contributed by atoms with E-state index in [1.807, 2.05) is 12.3 Å². The van der Waals surface area contributed by atoms with E-state index in [2.05, 4.69) is 68.0 Å². The van der Waals surface area contributed by atoms with Crippen molar-refractivity contribution in [1.82, 2.24) is 24.3 Å². The molecule has 0 amide bonds. The van der Waals surface area contributed by atoms with Crippen LogP contribution in [-0.4, -0.2) is 25.5 Å². The summed E-state index contributed by atoms with van der Waals surface area (Å²) in [5.41, 5.74) is 8.20. The van der Waals surface area contributed by atoms with E-state index >= 15 is 0 Å². The predicted molar refractivity (Wildman–Crippen MR) is 118 cm³/mol. The lowest BCUT2D eigenvalue weighted by atomic mass is 10.1. The standard InChI is InChI=1S/C23H33N5/c1-7-11-17(6)21(16(4)5)28-22-19(12-10-14-25-22)27-20(15-24-13-8-2)18(9-3)26-23(27)28/h10-12,14,24H,7-9,13,15H2,1-6H3/b17-11-. The fraction of sp³-hybridized carbons (Fsp3) is 0.478. The molecule has 5 nitrogen and oxygen atoms in total. The third kappa shape index (κ3) is 3.51. The summed E-state index contributed by atoms with van der Waals surface area (Å²) >= 11 is 0. The Balaban J connectivity index is 2.37. The van der Waals surface area contributed by atoms with Gasteiger partial charge in [0, 0.05) is 12.7 Å². The molecule has 3 rings (SSSR count). The number of imidazole rings is 2. The number of allylic oxidation sites excluding steroid dienone is 4. The number of nitrogens with zero attached hydrogens (tertiary/aromatic N) is 4. The highest BCUT2D eigenvalue weighted by Gasteiger charge is 2.22. The van der Waals surface area contributed by atoms with Crippen LogP contribution in [0.4, 0.5) is 0 Å². The zero-order chi connectivity index (χ0) is 20.3. The van der Waals surface area contributed by atoms with Gasteiger partial charge in [-0.3, -0.25) is 8.97 Å². The van der Waals surface area contributed by atoms with Gasteiger partial charge in [-0.05, 0) is 64.3 Å². The van der Waals surface area contributed by atoms with Crippen LogP contribution in [0.1, 0.15) is 65.8 Å². The van der Waals surface area contributed by atoms with Crippen molar-refractivity contribution in [3.8, 4) is 0 Å². The summed E-state index contributed by atoms with van der Waals surface area (Å²) in [6, 6.07) is 4.16. The van der Waals surface area contributed by atoms with Crippen molar-refractivity contribution in [3.05, 3.63) is 46.9 Å². The third-order valence-electron chi connectivity index (χ3n) is 5.09. The molecule has 3 aromatic heterocycles. The number of rotatable bonds is 8. The zero-order valence-corrected chi connectivity index (χ0v) is 18.1. The molecule has 0 saturated carbocycles. The highest BCUT2D eigenvalue weighted by atomic mass is 15.2. The first kappa shape index (κ1) is 20.3. The van der Waals surface area contributed by atoms with Crippen molar-refractivity contribution >= 4 is 22.6 Å². The van der Waals surface area contributed by atoms with E-state index < -0.39 is 0 Å². The Labute approximate surface area is 168 Å². The molecule has 0 bridgehead atoms. The van der Waals surface area contributed by atoms with Gasteiger partial charge in [0.15, 0.2) is 5.65 Å². The minimum absolute atomic E-state index is 0.820. The lowest BCUT2D eigenvalue weighted by molar-refractivity contribution is 0.658. The van der Waals surface area contributed by atoms with Gasteiger partial charge in [-0.15, -0.1) is 0 Å². The number of aromatic nitrogens is 4. The van der Waals surface area contributed by atoms with Crippen LogP contribution in [0, 0.1) is 0 Å². The highest BCUT2D eigenvalue weighted by molar-refractivity contribution is 5.86. The second-order valence-corrected chi connectivity index (χ2v) is 7.50. The van der Waals surface area contributed by atoms with Gasteiger partial charge in [0.05, 0.1) is 22.6 Å². The summed E-state index contributed by atoms with van der Waals surface area (Å²) in [6.07, 6.45) is 7.19. The van der Waals surface area contributed by atoms with Gasteiger partial charge in [-0.2, -0.15) is 0 Å². The van der Waals surface area contributed by atoms with Crippen LogP contribution in [0.25, 0.3) is 22.6 Å². The van der Waals surface area contributed by atoms with Gasteiger partial charge in [0.2, 0.25) is 5.78 Å². The smallest absolute Gasteiger partial charge is 0.221 e. The van der Waals surface area contributed by atoms with Gasteiger partial charge >= 0.3 is 0 Å². The van der Waals surface area contributed by atoms with Crippen molar-refractivity contribution in [3.63, 3.8) is 0 Å². The Hall–Kier alpha value is -2.40. The van der Waals surface area contributed by atoms with E-state index in [4.69, 9.17) is 9.97 Å². The Bertz CT molecular complexity index is 1030. The molecule has 28 heavy (non-hydrogen) atoms. The van der Waals surface area contributed by atoms with E-state index in [-0.39, 0.29) is 0 Å². The molecule has 150 valence electrons. The van der Waals surface area contributed by atoms with Crippen LogP contribution in [0.3, 0.4) is 0 Å². The first-order chi connectivity index (χ1) is 13.5. The summed E-state index contributed by atoms with van der Waals surface area (Å²) in [4.78, 5) is 9.83. The monoisotopic (exact) mass is 379 g/mol.